The predicted molar refractivity (Wildman–Crippen MR) is 72.0 cm³/mol. The number of benzene rings is 1. The Kier molecular flexibility index (Phi) is 4.32. The summed E-state index contributed by atoms with van der Waals surface area (Å²) in [4.78, 5) is 4.63. The second kappa shape index (κ2) is 5.78. The molecule has 4 heteroatoms. The molecule has 1 aromatic rings. The highest BCUT2D eigenvalue weighted by Crippen LogP contribution is 2.24. The standard InChI is InChI=1S/C14H22FN3/c1-11-10-12(4-5-13(11)15)14(17(2)3)18-8-6-16-7-9-18/h4-5,10,14,16H,6-9H2,1-3H3. The highest BCUT2D eigenvalue weighted by atomic mass is 19.1. The fraction of sp³-hybridized carbons (Fsp3) is 0.571. The Morgan fingerprint density at radius 3 is 2.50 bits per heavy atom. The third kappa shape index (κ3) is 2.88. The SMILES string of the molecule is Cc1cc(C(N(C)C)N2CCNCC2)ccc1F. The van der Waals surface area contributed by atoms with Crippen LogP contribution in [0, 0.1) is 12.7 Å². The van der Waals surface area contributed by atoms with Crippen LogP contribution < -0.4 is 5.32 Å². The molecule has 0 spiro atoms. The van der Waals surface area contributed by atoms with Crippen molar-refractivity contribution < 1.29 is 4.39 Å². The fourth-order valence-electron chi connectivity index (χ4n) is 2.59. The van der Waals surface area contributed by atoms with E-state index in [0.29, 0.717) is 0 Å². The topological polar surface area (TPSA) is 18.5 Å². The number of hydrogen-bond acceptors (Lipinski definition) is 3. The van der Waals surface area contributed by atoms with Gasteiger partial charge < -0.3 is 5.32 Å². The van der Waals surface area contributed by atoms with Crippen LogP contribution in [0.3, 0.4) is 0 Å². The van der Waals surface area contributed by atoms with Crippen molar-refractivity contribution in [1.82, 2.24) is 15.1 Å². The molecule has 0 bridgehead atoms. The highest BCUT2D eigenvalue weighted by Gasteiger charge is 2.24. The van der Waals surface area contributed by atoms with Crippen molar-refractivity contribution in [2.24, 2.45) is 0 Å². The van der Waals surface area contributed by atoms with Gasteiger partial charge in [-0.2, -0.15) is 0 Å². The number of nitrogens with one attached hydrogen (secondary N) is 1. The van der Waals surface area contributed by atoms with Gasteiger partial charge in [-0.15, -0.1) is 0 Å². The average Bonchev–Trinajstić information content (AvgIpc) is 2.35. The lowest BCUT2D eigenvalue weighted by atomic mass is 10.1. The van der Waals surface area contributed by atoms with Crippen molar-refractivity contribution in [3.8, 4) is 0 Å². The van der Waals surface area contributed by atoms with Crippen LogP contribution in [0.1, 0.15) is 17.3 Å². The fourth-order valence-corrected chi connectivity index (χ4v) is 2.59. The van der Waals surface area contributed by atoms with Crippen LogP contribution in [-0.2, 0) is 0 Å². The monoisotopic (exact) mass is 251 g/mol. The van der Waals surface area contributed by atoms with E-state index >= 15 is 0 Å². The average molecular weight is 251 g/mol. The molecule has 1 aliphatic rings. The van der Waals surface area contributed by atoms with E-state index in [1.54, 1.807) is 6.07 Å². The zero-order valence-electron chi connectivity index (χ0n) is 11.4. The smallest absolute Gasteiger partial charge is 0.126 e. The second-order valence-electron chi connectivity index (χ2n) is 5.13. The van der Waals surface area contributed by atoms with Crippen LogP contribution in [0.15, 0.2) is 18.2 Å². The minimum absolute atomic E-state index is 0.128. The molecule has 0 aromatic heterocycles. The van der Waals surface area contributed by atoms with Gasteiger partial charge >= 0.3 is 0 Å². The molecule has 3 nitrogen and oxygen atoms in total. The Bertz CT molecular complexity index is 400. The molecule has 1 aromatic carbocycles. The summed E-state index contributed by atoms with van der Waals surface area (Å²) in [6.45, 7) is 5.91. The summed E-state index contributed by atoms with van der Waals surface area (Å²) in [6, 6.07) is 5.43. The Hall–Kier alpha value is -0.970. The third-order valence-corrected chi connectivity index (χ3v) is 3.47. The van der Waals surface area contributed by atoms with Gasteiger partial charge in [0.05, 0.1) is 6.17 Å². The molecule has 0 saturated carbocycles. The van der Waals surface area contributed by atoms with Crippen LogP contribution in [0.2, 0.25) is 0 Å². The highest BCUT2D eigenvalue weighted by molar-refractivity contribution is 5.26. The molecule has 2 rings (SSSR count). The van der Waals surface area contributed by atoms with Gasteiger partial charge in [0.2, 0.25) is 0 Å². The molecule has 1 fully saturated rings. The Balaban J connectivity index is 2.25. The van der Waals surface area contributed by atoms with Crippen molar-refractivity contribution in [3.63, 3.8) is 0 Å². The van der Waals surface area contributed by atoms with Gasteiger partial charge in [0.1, 0.15) is 5.82 Å². The summed E-state index contributed by atoms with van der Waals surface area (Å²) in [5.41, 5.74) is 1.88. The molecule has 1 aliphatic heterocycles. The molecule has 1 unspecified atom stereocenters. The number of piperazine rings is 1. The van der Waals surface area contributed by atoms with Crippen molar-refractivity contribution in [1.29, 1.82) is 0 Å². The molecular weight excluding hydrogens is 229 g/mol. The zero-order chi connectivity index (χ0) is 13.1. The Morgan fingerprint density at radius 1 is 1.28 bits per heavy atom. The summed E-state index contributed by atoms with van der Waals surface area (Å²) in [5, 5.41) is 3.36. The van der Waals surface area contributed by atoms with E-state index < -0.39 is 0 Å². The molecule has 0 radical (unpaired) electrons. The van der Waals surface area contributed by atoms with Gasteiger partial charge in [-0.25, -0.2) is 4.39 Å². The normalized spacial score (nSPS) is 19.2. The molecular formula is C14H22FN3. The van der Waals surface area contributed by atoms with Crippen molar-refractivity contribution in [3.05, 3.63) is 35.1 Å². The van der Waals surface area contributed by atoms with E-state index in [2.05, 4.69) is 29.2 Å². The maximum Gasteiger partial charge on any atom is 0.126 e. The largest absolute Gasteiger partial charge is 0.314 e. The molecule has 1 saturated heterocycles. The lowest BCUT2D eigenvalue weighted by molar-refractivity contribution is 0.0672. The first kappa shape index (κ1) is 13.5. The van der Waals surface area contributed by atoms with Crippen molar-refractivity contribution >= 4 is 0 Å². The van der Waals surface area contributed by atoms with Crippen molar-refractivity contribution in [2.75, 3.05) is 40.3 Å². The number of rotatable bonds is 3. The summed E-state index contributed by atoms with van der Waals surface area (Å²) >= 11 is 0. The Labute approximate surface area is 109 Å². The zero-order valence-corrected chi connectivity index (χ0v) is 11.4. The number of nitrogens with zero attached hydrogens (tertiary/aromatic N) is 2. The molecule has 0 aliphatic carbocycles. The summed E-state index contributed by atoms with van der Waals surface area (Å²) < 4.78 is 13.4. The van der Waals surface area contributed by atoms with Crippen molar-refractivity contribution in [2.45, 2.75) is 13.1 Å². The maximum absolute atomic E-state index is 13.4. The van der Waals surface area contributed by atoms with Gasteiger partial charge in [0.15, 0.2) is 0 Å². The quantitative estimate of drug-likeness (QED) is 0.880. The first-order chi connectivity index (χ1) is 8.59. The van der Waals surface area contributed by atoms with Crippen LogP contribution in [0.5, 0.6) is 0 Å². The van der Waals surface area contributed by atoms with Crippen LogP contribution >= 0.6 is 0 Å². The molecule has 1 heterocycles. The van der Waals surface area contributed by atoms with E-state index in [1.807, 2.05) is 19.1 Å². The van der Waals surface area contributed by atoms with Gasteiger partial charge in [-0.05, 0) is 38.2 Å². The van der Waals surface area contributed by atoms with Gasteiger partial charge in [0, 0.05) is 26.2 Å². The number of aryl methyl sites for hydroxylation is 1. The second-order valence-corrected chi connectivity index (χ2v) is 5.13. The van der Waals surface area contributed by atoms with Gasteiger partial charge in [0.25, 0.3) is 0 Å². The maximum atomic E-state index is 13.4. The minimum Gasteiger partial charge on any atom is -0.314 e. The van der Waals surface area contributed by atoms with Gasteiger partial charge in [-0.1, -0.05) is 12.1 Å². The summed E-state index contributed by atoms with van der Waals surface area (Å²) in [7, 11) is 4.15. The third-order valence-electron chi connectivity index (χ3n) is 3.47. The minimum atomic E-state index is -0.128. The first-order valence-electron chi connectivity index (χ1n) is 6.47. The molecule has 1 atom stereocenters. The molecule has 100 valence electrons. The predicted octanol–water partition coefficient (Wildman–Crippen LogP) is 1.60. The van der Waals surface area contributed by atoms with Gasteiger partial charge in [-0.3, -0.25) is 9.80 Å². The van der Waals surface area contributed by atoms with E-state index in [4.69, 9.17) is 0 Å². The van der Waals surface area contributed by atoms with Crippen LogP contribution in [0.25, 0.3) is 0 Å². The van der Waals surface area contributed by atoms with Crippen LogP contribution in [-0.4, -0.2) is 50.1 Å². The number of hydrogen-bond donors (Lipinski definition) is 1. The lowest BCUT2D eigenvalue weighted by Gasteiger charge is -2.39. The molecule has 18 heavy (non-hydrogen) atoms. The van der Waals surface area contributed by atoms with E-state index in [-0.39, 0.29) is 12.0 Å². The Morgan fingerprint density at radius 2 is 1.94 bits per heavy atom. The summed E-state index contributed by atoms with van der Waals surface area (Å²) in [5.74, 6) is -0.128. The van der Waals surface area contributed by atoms with E-state index in [0.717, 1.165) is 31.7 Å². The van der Waals surface area contributed by atoms with E-state index in [1.165, 1.54) is 5.56 Å². The van der Waals surface area contributed by atoms with E-state index in [9.17, 15) is 4.39 Å². The summed E-state index contributed by atoms with van der Waals surface area (Å²) in [6.07, 6.45) is 0.228. The molecule has 0 amide bonds. The molecule has 1 N–H and O–H groups in total. The lowest BCUT2D eigenvalue weighted by Crippen LogP contribution is -2.48. The first-order valence-corrected chi connectivity index (χ1v) is 6.47. The van der Waals surface area contributed by atoms with Crippen LogP contribution in [0.4, 0.5) is 4.39 Å². The number of halogens is 1.